The zero-order valence-corrected chi connectivity index (χ0v) is 17.2. The van der Waals surface area contributed by atoms with Crippen molar-refractivity contribution >= 4 is 24.1 Å². The molecule has 0 spiro atoms. The van der Waals surface area contributed by atoms with E-state index in [1.54, 1.807) is 25.3 Å². The Hall–Kier alpha value is -1.88. The number of pyridine rings is 1. The molecule has 4 atom stereocenters. The van der Waals surface area contributed by atoms with Crippen molar-refractivity contribution in [3.63, 3.8) is 0 Å². The molecule has 1 unspecified atom stereocenters. The van der Waals surface area contributed by atoms with Gasteiger partial charge in [0.1, 0.15) is 6.17 Å². The second-order valence-electron chi connectivity index (χ2n) is 7.06. The fraction of sp³-hybridized carbons (Fsp3) is 0.579. The highest BCUT2D eigenvalue weighted by Crippen LogP contribution is 2.20. The number of nitrogens with zero attached hydrogens (tertiary/aromatic N) is 2. The van der Waals surface area contributed by atoms with Gasteiger partial charge in [0.15, 0.2) is 5.82 Å². The number of ether oxygens (including phenoxy) is 2. The third-order valence-electron chi connectivity index (χ3n) is 4.74. The van der Waals surface area contributed by atoms with E-state index < -0.39 is 18.6 Å². The average Bonchev–Trinajstić information content (AvgIpc) is 3.13. The monoisotopic (exact) mass is 425 g/mol. The van der Waals surface area contributed by atoms with Crippen LogP contribution in [0.1, 0.15) is 31.9 Å². The quantitative estimate of drug-likeness (QED) is 0.471. The maximum absolute atomic E-state index is 14.4. The van der Waals surface area contributed by atoms with Crippen molar-refractivity contribution in [2.45, 2.75) is 57.3 Å². The van der Waals surface area contributed by atoms with Crippen molar-refractivity contribution in [2.75, 3.05) is 17.7 Å². The largest absolute Gasteiger partial charge is 0.477 e. The summed E-state index contributed by atoms with van der Waals surface area (Å²) < 4.78 is 25.7. The van der Waals surface area contributed by atoms with Gasteiger partial charge in [-0.2, -0.15) is 17.7 Å². The smallest absolute Gasteiger partial charge is 0.215 e. The second-order valence-corrected chi connectivity index (χ2v) is 7.50. The molecule has 2 aromatic heterocycles. The molecule has 29 heavy (non-hydrogen) atoms. The lowest BCUT2D eigenvalue weighted by molar-refractivity contribution is -0.162. The van der Waals surface area contributed by atoms with Crippen LogP contribution < -0.4 is 15.4 Å². The van der Waals surface area contributed by atoms with E-state index in [0.29, 0.717) is 36.7 Å². The van der Waals surface area contributed by atoms with Crippen LogP contribution in [0, 0.1) is 0 Å². The number of alkyl halides is 1. The van der Waals surface area contributed by atoms with Gasteiger partial charge in [-0.1, -0.05) is 0 Å². The molecule has 4 bridgehead atoms. The highest BCUT2D eigenvalue weighted by molar-refractivity contribution is 7.80. The summed E-state index contributed by atoms with van der Waals surface area (Å²) in [5.74, 6) is 1.69. The molecule has 3 heterocycles. The average molecular weight is 426 g/mol. The number of H-pyrrole nitrogens is 1. The minimum absolute atomic E-state index is 0.156. The van der Waals surface area contributed by atoms with Crippen molar-refractivity contribution in [3.05, 3.63) is 30.1 Å². The van der Waals surface area contributed by atoms with Crippen molar-refractivity contribution in [1.29, 1.82) is 0 Å². The standard InChI is InChI=1S/C19H28FN5O3S/c1-12-16(20)5-8-27-18-11-13(4-7-21-18)23-17-10-14(24-25-17)2-3-15(6-9-29)28-19(26)22-12/h4,7,10-12,15-16,19,22,26,29H,2-3,5-6,8-9H2,1H3,(H2,23,24,25)/t12-,15-,16-,19?/m0/s1. The molecule has 0 saturated heterocycles. The molecule has 0 amide bonds. The van der Waals surface area contributed by atoms with Crippen molar-refractivity contribution in [2.24, 2.45) is 0 Å². The van der Waals surface area contributed by atoms with Crippen LogP contribution in [0.5, 0.6) is 5.88 Å². The molecule has 0 saturated carbocycles. The first kappa shape index (κ1) is 21.8. The third-order valence-corrected chi connectivity index (χ3v) is 5.00. The Balaban J connectivity index is 1.75. The van der Waals surface area contributed by atoms with E-state index in [2.05, 4.69) is 38.4 Å². The van der Waals surface area contributed by atoms with Crippen LogP contribution in [0.2, 0.25) is 0 Å². The molecule has 4 N–H and O–H groups in total. The fourth-order valence-electron chi connectivity index (χ4n) is 3.09. The molecule has 0 radical (unpaired) electrons. The highest BCUT2D eigenvalue weighted by atomic mass is 32.1. The SMILES string of the molecule is C[C@@H]1NC(O)O[C@H](CCS)CCc2cc(n[nH]2)Nc2ccnc(c2)OCC[C@@H]1F. The topological polar surface area (TPSA) is 104 Å². The summed E-state index contributed by atoms with van der Waals surface area (Å²) >= 11 is 4.27. The minimum atomic E-state index is -1.26. The molecule has 0 aliphatic carbocycles. The zero-order valence-electron chi connectivity index (χ0n) is 16.3. The number of hydrogen-bond donors (Lipinski definition) is 5. The number of hydrogen-bond acceptors (Lipinski definition) is 8. The normalized spacial score (nSPS) is 26.6. The number of nitrogens with one attached hydrogen (secondary N) is 3. The molecule has 160 valence electrons. The molecule has 1 aliphatic heterocycles. The van der Waals surface area contributed by atoms with Crippen molar-refractivity contribution in [1.82, 2.24) is 20.5 Å². The summed E-state index contributed by atoms with van der Waals surface area (Å²) in [4.78, 5) is 4.15. The third kappa shape index (κ3) is 6.84. The number of thiol groups is 1. The highest BCUT2D eigenvalue weighted by Gasteiger charge is 2.22. The van der Waals surface area contributed by atoms with E-state index in [4.69, 9.17) is 9.47 Å². The molecule has 1 aliphatic rings. The first-order valence-electron chi connectivity index (χ1n) is 9.78. The van der Waals surface area contributed by atoms with E-state index in [1.807, 2.05) is 6.07 Å². The van der Waals surface area contributed by atoms with Crippen LogP contribution in [0.25, 0.3) is 0 Å². The Kier molecular flexibility index (Phi) is 8.10. The number of rotatable bonds is 2. The summed E-state index contributed by atoms with van der Waals surface area (Å²) in [6, 6.07) is 4.88. The maximum atomic E-state index is 14.4. The maximum Gasteiger partial charge on any atom is 0.215 e. The number of halogens is 1. The second kappa shape index (κ2) is 10.8. The van der Waals surface area contributed by atoms with Gasteiger partial charge >= 0.3 is 0 Å². The number of aliphatic hydroxyl groups is 1. The fourth-order valence-corrected chi connectivity index (χ4v) is 3.37. The Morgan fingerprint density at radius 1 is 1.34 bits per heavy atom. The van der Waals surface area contributed by atoms with E-state index >= 15 is 0 Å². The Bertz CT molecular complexity index is 765. The predicted octanol–water partition coefficient (Wildman–Crippen LogP) is 2.56. The number of aliphatic hydroxyl groups excluding tert-OH is 1. The summed E-state index contributed by atoms with van der Waals surface area (Å²) in [5.41, 5.74) is 1.71. The number of aryl methyl sites for hydroxylation is 1. The Labute approximate surface area is 175 Å². The Morgan fingerprint density at radius 2 is 2.21 bits per heavy atom. The number of anilines is 2. The van der Waals surface area contributed by atoms with Gasteiger partial charge in [-0.25, -0.2) is 9.37 Å². The van der Waals surface area contributed by atoms with Crippen LogP contribution in [-0.4, -0.2) is 57.4 Å². The first-order valence-corrected chi connectivity index (χ1v) is 10.4. The predicted molar refractivity (Wildman–Crippen MR) is 111 cm³/mol. The lowest BCUT2D eigenvalue weighted by Gasteiger charge is -2.26. The molecular weight excluding hydrogens is 397 g/mol. The van der Waals surface area contributed by atoms with Gasteiger partial charge in [-0.15, -0.1) is 0 Å². The van der Waals surface area contributed by atoms with E-state index in [0.717, 1.165) is 11.4 Å². The minimum Gasteiger partial charge on any atom is -0.477 e. The van der Waals surface area contributed by atoms with Crippen LogP contribution in [0.4, 0.5) is 15.9 Å². The summed E-state index contributed by atoms with van der Waals surface area (Å²) in [6.45, 7) is 1.83. The van der Waals surface area contributed by atoms with Crippen LogP contribution in [-0.2, 0) is 11.2 Å². The van der Waals surface area contributed by atoms with E-state index in [9.17, 15) is 9.50 Å². The first-order chi connectivity index (χ1) is 14.0. The van der Waals surface area contributed by atoms with E-state index in [-0.39, 0.29) is 19.1 Å². The van der Waals surface area contributed by atoms with Crippen LogP contribution in [0.3, 0.4) is 0 Å². The zero-order chi connectivity index (χ0) is 20.6. The molecular formula is C19H28FN5O3S. The Morgan fingerprint density at radius 3 is 3.03 bits per heavy atom. The number of aromatic nitrogens is 3. The van der Waals surface area contributed by atoms with Crippen molar-refractivity contribution < 1.29 is 19.0 Å². The van der Waals surface area contributed by atoms with Gasteiger partial charge in [0.25, 0.3) is 0 Å². The molecule has 10 heteroatoms. The number of aromatic amines is 1. The van der Waals surface area contributed by atoms with Crippen LogP contribution in [0.15, 0.2) is 24.4 Å². The van der Waals surface area contributed by atoms with Gasteiger partial charge in [0.05, 0.1) is 12.7 Å². The van der Waals surface area contributed by atoms with E-state index in [1.165, 1.54) is 0 Å². The molecule has 0 aromatic carbocycles. The van der Waals surface area contributed by atoms with Gasteiger partial charge in [-0.05, 0) is 38.0 Å². The van der Waals surface area contributed by atoms with Gasteiger partial charge in [0.2, 0.25) is 12.3 Å². The van der Waals surface area contributed by atoms with Gasteiger partial charge in [0, 0.05) is 42.2 Å². The lowest BCUT2D eigenvalue weighted by atomic mass is 10.1. The summed E-state index contributed by atoms with van der Waals surface area (Å²) in [6.07, 6.45) is 1.11. The van der Waals surface area contributed by atoms with Gasteiger partial charge < -0.3 is 19.9 Å². The van der Waals surface area contributed by atoms with Crippen molar-refractivity contribution in [3.8, 4) is 5.88 Å². The summed E-state index contributed by atoms with van der Waals surface area (Å²) in [7, 11) is 0. The number of fused-ring (bicyclic) bond motifs is 4. The molecule has 3 rings (SSSR count). The molecule has 0 fully saturated rings. The molecule has 2 aromatic rings. The summed E-state index contributed by atoms with van der Waals surface area (Å²) in [5, 5.41) is 23.4. The molecule has 8 nitrogen and oxygen atoms in total. The van der Waals surface area contributed by atoms with Gasteiger partial charge in [-0.3, -0.25) is 10.4 Å². The van der Waals surface area contributed by atoms with Crippen LogP contribution >= 0.6 is 12.6 Å². The lowest BCUT2D eigenvalue weighted by Crippen LogP contribution is -2.45.